The number of hydrogen-bond acceptors (Lipinski definition) is 5. The first-order valence-electron chi connectivity index (χ1n) is 10.5. The molecule has 0 unspecified atom stereocenters. The van der Waals surface area contributed by atoms with Crippen LogP contribution in [0, 0.1) is 5.82 Å². The number of likely N-dealkylation sites (tertiary alicyclic amines) is 1. The van der Waals surface area contributed by atoms with Gasteiger partial charge >= 0.3 is 0 Å². The Morgan fingerprint density at radius 2 is 2.10 bits per heavy atom. The second-order valence-electron chi connectivity index (χ2n) is 7.93. The summed E-state index contributed by atoms with van der Waals surface area (Å²) in [6.45, 7) is 2.82. The van der Waals surface area contributed by atoms with Gasteiger partial charge in [-0.15, -0.1) is 0 Å². The maximum absolute atomic E-state index is 13.8. The van der Waals surface area contributed by atoms with Crippen LogP contribution in [0.4, 0.5) is 4.39 Å². The standard InChI is InChI=1S/C24H24FN5O/c1-31-22-9-8-19(25)13-21(22)17-7-10-23-27-24(28-30(23)15-17)18-5-4-12-29(14-18)16-20-6-2-3-11-26-20/h2-3,6-11,13,15,18H,4-5,12,14,16H2,1H3/t18-/m0/s1. The van der Waals surface area contributed by atoms with Crippen LogP contribution in [-0.2, 0) is 6.54 Å². The normalized spacial score (nSPS) is 17.2. The summed E-state index contributed by atoms with van der Waals surface area (Å²) in [6, 6.07) is 14.4. The molecule has 4 heterocycles. The van der Waals surface area contributed by atoms with Crippen LogP contribution in [0.3, 0.4) is 0 Å². The van der Waals surface area contributed by atoms with Crippen molar-refractivity contribution < 1.29 is 9.13 Å². The number of piperidine rings is 1. The second-order valence-corrected chi connectivity index (χ2v) is 7.93. The molecule has 0 radical (unpaired) electrons. The quantitative estimate of drug-likeness (QED) is 0.484. The zero-order valence-corrected chi connectivity index (χ0v) is 17.4. The third kappa shape index (κ3) is 4.14. The summed E-state index contributed by atoms with van der Waals surface area (Å²) in [5.41, 5.74) is 3.40. The summed E-state index contributed by atoms with van der Waals surface area (Å²) in [5, 5.41) is 4.77. The van der Waals surface area contributed by atoms with Crippen LogP contribution in [0.15, 0.2) is 60.9 Å². The van der Waals surface area contributed by atoms with E-state index >= 15 is 0 Å². The molecule has 0 bridgehead atoms. The molecular weight excluding hydrogens is 393 g/mol. The van der Waals surface area contributed by atoms with Crippen molar-refractivity contribution in [1.29, 1.82) is 0 Å². The van der Waals surface area contributed by atoms with Crippen LogP contribution >= 0.6 is 0 Å². The summed E-state index contributed by atoms with van der Waals surface area (Å²) in [5.74, 6) is 1.46. The van der Waals surface area contributed by atoms with Gasteiger partial charge in [0.15, 0.2) is 11.5 Å². The lowest BCUT2D eigenvalue weighted by Crippen LogP contribution is -2.34. The minimum atomic E-state index is -0.301. The topological polar surface area (TPSA) is 55.5 Å². The smallest absolute Gasteiger partial charge is 0.156 e. The van der Waals surface area contributed by atoms with Gasteiger partial charge in [0, 0.05) is 42.5 Å². The highest BCUT2D eigenvalue weighted by atomic mass is 19.1. The lowest BCUT2D eigenvalue weighted by molar-refractivity contribution is 0.194. The Morgan fingerprint density at radius 3 is 2.94 bits per heavy atom. The van der Waals surface area contributed by atoms with Crippen molar-refractivity contribution in [2.24, 2.45) is 0 Å². The zero-order chi connectivity index (χ0) is 21.2. The first kappa shape index (κ1) is 19.6. The van der Waals surface area contributed by atoms with Gasteiger partial charge < -0.3 is 4.74 Å². The minimum Gasteiger partial charge on any atom is -0.496 e. The van der Waals surface area contributed by atoms with Crippen molar-refractivity contribution in [3.05, 3.63) is 78.3 Å². The molecule has 5 rings (SSSR count). The summed E-state index contributed by atoms with van der Waals surface area (Å²) in [6.07, 6.45) is 5.90. The monoisotopic (exact) mass is 417 g/mol. The van der Waals surface area contributed by atoms with E-state index in [4.69, 9.17) is 14.8 Å². The van der Waals surface area contributed by atoms with Gasteiger partial charge in [-0.1, -0.05) is 6.07 Å². The van der Waals surface area contributed by atoms with Crippen molar-refractivity contribution in [3.8, 4) is 16.9 Å². The summed E-state index contributed by atoms with van der Waals surface area (Å²) in [4.78, 5) is 11.6. The number of rotatable bonds is 5. The van der Waals surface area contributed by atoms with Gasteiger partial charge in [0.05, 0.1) is 12.8 Å². The number of aromatic nitrogens is 4. The molecule has 31 heavy (non-hydrogen) atoms. The summed E-state index contributed by atoms with van der Waals surface area (Å²) in [7, 11) is 1.59. The highest BCUT2D eigenvalue weighted by Gasteiger charge is 2.25. The van der Waals surface area contributed by atoms with Crippen LogP contribution in [-0.4, -0.2) is 44.7 Å². The number of ether oxygens (including phenoxy) is 1. The molecule has 0 saturated carbocycles. The molecule has 1 fully saturated rings. The van der Waals surface area contributed by atoms with E-state index < -0.39 is 0 Å². The fourth-order valence-electron chi connectivity index (χ4n) is 4.27. The summed E-state index contributed by atoms with van der Waals surface area (Å²) < 4.78 is 21.0. The molecule has 3 aromatic heterocycles. The highest BCUT2D eigenvalue weighted by Crippen LogP contribution is 2.31. The third-order valence-corrected chi connectivity index (χ3v) is 5.80. The highest BCUT2D eigenvalue weighted by molar-refractivity contribution is 5.71. The van der Waals surface area contributed by atoms with E-state index in [1.807, 2.05) is 36.7 Å². The Balaban J connectivity index is 1.39. The number of benzene rings is 1. The molecule has 1 aromatic carbocycles. The molecule has 0 aliphatic carbocycles. The van der Waals surface area contributed by atoms with Crippen molar-refractivity contribution in [1.82, 2.24) is 24.5 Å². The predicted molar refractivity (Wildman–Crippen MR) is 116 cm³/mol. The van der Waals surface area contributed by atoms with Gasteiger partial charge in [-0.25, -0.2) is 13.9 Å². The van der Waals surface area contributed by atoms with Gasteiger partial charge in [0.2, 0.25) is 0 Å². The number of methoxy groups -OCH3 is 1. The van der Waals surface area contributed by atoms with E-state index in [0.29, 0.717) is 11.3 Å². The first-order valence-corrected chi connectivity index (χ1v) is 10.5. The SMILES string of the molecule is COc1ccc(F)cc1-c1ccc2nc([C@H]3CCCN(Cc4ccccn4)C3)nn2c1. The van der Waals surface area contributed by atoms with Gasteiger partial charge in [0.25, 0.3) is 0 Å². The molecule has 4 aromatic rings. The Morgan fingerprint density at radius 1 is 1.16 bits per heavy atom. The fraction of sp³-hybridized carbons (Fsp3) is 0.292. The molecule has 7 heteroatoms. The van der Waals surface area contributed by atoms with Gasteiger partial charge in [-0.05, 0) is 61.9 Å². The third-order valence-electron chi connectivity index (χ3n) is 5.80. The maximum atomic E-state index is 13.8. The molecule has 158 valence electrons. The molecule has 1 saturated heterocycles. The maximum Gasteiger partial charge on any atom is 0.156 e. The average molecular weight is 417 g/mol. The van der Waals surface area contributed by atoms with Crippen molar-refractivity contribution in [2.45, 2.75) is 25.3 Å². The van der Waals surface area contributed by atoms with Gasteiger partial charge in [-0.3, -0.25) is 9.88 Å². The predicted octanol–water partition coefficient (Wildman–Crippen LogP) is 4.32. The van der Waals surface area contributed by atoms with E-state index in [2.05, 4.69) is 16.0 Å². The number of halogens is 1. The van der Waals surface area contributed by atoms with Gasteiger partial charge in [-0.2, -0.15) is 5.10 Å². The van der Waals surface area contributed by atoms with Crippen LogP contribution in [0.5, 0.6) is 5.75 Å². The molecule has 1 aliphatic rings. The molecule has 1 atom stereocenters. The molecular formula is C24H24FN5O. The molecule has 0 amide bonds. The Hall–Kier alpha value is -3.32. The average Bonchev–Trinajstić information content (AvgIpc) is 3.23. The number of nitrogens with zero attached hydrogens (tertiary/aromatic N) is 5. The number of hydrogen-bond donors (Lipinski definition) is 0. The van der Waals surface area contributed by atoms with E-state index in [1.54, 1.807) is 17.7 Å². The number of fused-ring (bicyclic) bond motifs is 1. The van der Waals surface area contributed by atoms with Crippen LogP contribution in [0.1, 0.15) is 30.3 Å². The first-order chi connectivity index (χ1) is 15.2. The van der Waals surface area contributed by atoms with Crippen LogP contribution < -0.4 is 4.74 Å². The van der Waals surface area contributed by atoms with E-state index in [0.717, 1.165) is 55.2 Å². The van der Waals surface area contributed by atoms with Crippen LogP contribution in [0.2, 0.25) is 0 Å². The van der Waals surface area contributed by atoms with Crippen LogP contribution in [0.25, 0.3) is 16.8 Å². The van der Waals surface area contributed by atoms with Crippen molar-refractivity contribution >= 4 is 5.65 Å². The molecule has 0 spiro atoms. The van der Waals surface area contributed by atoms with Crippen molar-refractivity contribution in [2.75, 3.05) is 20.2 Å². The van der Waals surface area contributed by atoms with E-state index in [1.165, 1.54) is 12.1 Å². The zero-order valence-electron chi connectivity index (χ0n) is 17.4. The second kappa shape index (κ2) is 8.43. The fourth-order valence-corrected chi connectivity index (χ4v) is 4.27. The Kier molecular flexibility index (Phi) is 5.34. The minimum absolute atomic E-state index is 0.282. The molecule has 1 aliphatic heterocycles. The van der Waals surface area contributed by atoms with E-state index in [9.17, 15) is 4.39 Å². The van der Waals surface area contributed by atoms with Gasteiger partial charge in [0.1, 0.15) is 11.6 Å². The van der Waals surface area contributed by atoms with Crippen molar-refractivity contribution in [3.63, 3.8) is 0 Å². The summed E-state index contributed by atoms with van der Waals surface area (Å²) >= 11 is 0. The largest absolute Gasteiger partial charge is 0.496 e. The lowest BCUT2D eigenvalue weighted by Gasteiger charge is -2.31. The molecule has 0 N–H and O–H groups in total. The number of pyridine rings is 2. The molecule has 6 nitrogen and oxygen atoms in total. The Labute approximate surface area is 180 Å². The lowest BCUT2D eigenvalue weighted by atomic mass is 9.97. The Bertz CT molecular complexity index is 1190. The van der Waals surface area contributed by atoms with E-state index in [-0.39, 0.29) is 11.7 Å².